The Balaban J connectivity index is 1.45. The molecule has 0 unspecified atom stereocenters. The summed E-state index contributed by atoms with van der Waals surface area (Å²) in [6, 6.07) is 22.1. The fraction of sp³-hybridized carbons (Fsp3) is 0.0800. The number of hydrogen-bond acceptors (Lipinski definition) is 5. The normalized spacial score (nSPS) is 11.9. The van der Waals surface area contributed by atoms with Gasteiger partial charge in [0.1, 0.15) is 5.56 Å². The summed E-state index contributed by atoms with van der Waals surface area (Å²) in [4.78, 5) is 40.9. The Labute approximate surface area is 188 Å². The molecular weight excluding hydrogens is 422 g/mol. The summed E-state index contributed by atoms with van der Waals surface area (Å²) in [5.74, 6) is 0.535. The molecule has 2 heterocycles. The van der Waals surface area contributed by atoms with E-state index in [2.05, 4.69) is 10.3 Å². The van der Waals surface area contributed by atoms with Crippen molar-refractivity contribution in [2.75, 3.05) is 12.1 Å². The van der Waals surface area contributed by atoms with Crippen molar-refractivity contribution in [1.29, 1.82) is 0 Å². The summed E-state index contributed by atoms with van der Waals surface area (Å²) in [5, 5.41) is 2.80. The molecule has 4 aromatic rings. The smallest absolute Gasteiger partial charge is 0.328 e. The topological polar surface area (TPSA) is 102 Å². The van der Waals surface area contributed by atoms with Crippen LogP contribution in [0.4, 0.5) is 5.69 Å². The third-order valence-electron chi connectivity index (χ3n) is 5.34. The highest BCUT2D eigenvalue weighted by Crippen LogP contribution is 2.32. The first-order valence-electron chi connectivity index (χ1n) is 10.3. The second-order valence-corrected chi connectivity index (χ2v) is 7.45. The minimum atomic E-state index is -0.689. The lowest BCUT2D eigenvalue weighted by Crippen LogP contribution is -2.39. The molecule has 0 saturated heterocycles. The second-order valence-electron chi connectivity index (χ2n) is 7.45. The van der Waals surface area contributed by atoms with Crippen molar-refractivity contribution in [3.05, 3.63) is 111 Å². The van der Waals surface area contributed by atoms with Crippen LogP contribution in [0.2, 0.25) is 0 Å². The Hall–Kier alpha value is -4.59. The van der Waals surface area contributed by atoms with Gasteiger partial charge in [0.25, 0.3) is 11.5 Å². The van der Waals surface area contributed by atoms with E-state index < -0.39 is 17.2 Å². The Morgan fingerprint density at radius 2 is 1.70 bits per heavy atom. The maximum Gasteiger partial charge on any atom is 0.328 e. The number of carbonyl (C=O) groups excluding carboxylic acids is 1. The van der Waals surface area contributed by atoms with Crippen molar-refractivity contribution in [1.82, 2.24) is 9.55 Å². The predicted octanol–water partition coefficient (Wildman–Crippen LogP) is 3.23. The van der Waals surface area contributed by atoms with E-state index in [0.29, 0.717) is 22.7 Å². The maximum absolute atomic E-state index is 13.0. The van der Waals surface area contributed by atoms with Gasteiger partial charge in [-0.2, -0.15) is 0 Å². The predicted molar refractivity (Wildman–Crippen MR) is 123 cm³/mol. The van der Waals surface area contributed by atoms with Crippen LogP contribution >= 0.6 is 0 Å². The number of fused-ring (bicyclic) bond motifs is 1. The number of aromatic amines is 1. The molecule has 1 amide bonds. The standard InChI is InChI=1S/C25H19N3O5/c29-23(27-20-9-5-4-8-18(20)17-6-2-1-3-7-17)19-13-26-25(31)28(24(19)30)14-16-10-11-21-22(12-16)33-15-32-21/h1-13H,14-15H2,(H,26,31)(H,27,29). The van der Waals surface area contributed by atoms with E-state index >= 15 is 0 Å². The van der Waals surface area contributed by atoms with Gasteiger partial charge < -0.3 is 19.8 Å². The zero-order chi connectivity index (χ0) is 22.8. The average Bonchev–Trinajstić information content (AvgIpc) is 3.30. The fourth-order valence-electron chi connectivity index (χ4n) is 3.69. The molecule has 33 heavy (non-hydrogen) atoms. The number of nitrogens with one attached hydrogen (secondary N) is 2. The van der Waals surface area contributed by atoms with E-state index in [0.717, 1.165) is 21.9 Å². The molecule has 164 valence electrons. The van der Waals surface area contributed by atoms with Gasteiger partial charge in [-0.15, -0.1) is 0 Å². The van der Waals surface area contributed by atoms with Crippen LogP contribution in [0, 0.1) is 0 Å². The van der Waals surface area contributed by atoms with Gasteiger partial charge in [-0.05, 0) is 29.3 Å². The van der Waals surface area contributed by atoms with Gasteiger partial charge in [0.05, 0.1) is 6.54 Å². The molecule has 1 aromatic heterocycles. The van der Waals surface area contributed by atoms with Crippen LogP contribution in [0.1, 0.15) is 15.9 Å². The number of ether oxygens (including phenoxy) is 2. The summed E-state index contributed by atoms with van der Waals surface area (Å²) in [5.41, 5.74) is 1.50. The van der Waals surface area contributed by atoms with Crippen molar-refractivity contribution in [2.24, 2.45) is 0 Å². The van der Waals surface area contributed by atoms with Gasteiger partial charge >= 0.3 is 5.69 Å². The van der Waals surface area contributed by atoms with Crippen molar-refractivity contribution < 1.29 is 14.3 Å². The average molecular weight is 441 g/mol. The van der Waals surface area contributed by atoms with Gasteiger partial charge in [0.2, 0.25) is 6.79 Å². The largest absolute Gasteiger partial charge is 0.454 e. The molecule has 1 aliphatic heterocycles. The van der Waals surface area contributed by atoms with Crippen molar-refractivity contribution in [3.8, 4) is 22.6 Å². The van der Waals surface area contributed by atoms with Crippen molar-refractivity contribution >= 4 is 11.6 Å². The molecule has 1 aliphatic rings. The summed E-state index contributed by atoms with van der Waals surface area (Å²) in [7, 11) is 0. The van der Waals surface area contributed by atoms with Crippen LogP contribution in [0.25, 0.3) is 11.1 Å². The first-order chi connectivity index (χ1) is 16.1. The molecule has 0 atom stereocenters. The second kappa shape index (κ2) is 8.51. The summed E-state index contributed by atoms with van der Waals surface area (Å²) in [6.45, 7) is 0.103. The zero-order valence-electron chi connectivity index (χ0n) is 17.4. The number of nitrogens with zero attached hydrogens (tertiary/aromatic N) is 1. The molecule has 8 nitrogen and oxygen atoms in total. The number of rotatable bonds is 5. The highest BCUT2D eigenvalue weighted by atomic mass is 16.7. The van der Waals surface area contributed by atoms with Crippen LogP contribution in [-0.2, 0) is 6.54 Å². The number of amides is 1. The molecule has 0 bridgehead atoms. The maximum atomic E-state index is 13.0. The van der Waals surface area contributed by atoms with Crippen molar-refractivity contribution in [3.63, 3.8) is 0 Å². The summed E-state index contributed by atoms with van der Waals surface area (Å²) >= 11 is 0. The van der Waals surface area contributed by atoms with Gasteiger partial charge in [-0.1, -0.05) is 54.6 Å². The number of hydrogen-bond donors (Lipinski definition) is 2. The minimum Gasteiger partial charge on any atom is -0.454 e. The van der Waals surface area contributed by atoms with Crippen LogP contribution in [-0.4, -0.2) is 22.3 Å². The summed E-state index contributed by atoms with van der Waals surface area (Å²) in [6.07, 6.45) is 1.14. The molecule has 0 fully saturated rings. The van der Waals surface area contributed by atoms with E-state index in [9.17, 15) is 14.4 Å². The van der Waals surface area contributed by atoms with E-state index in [1.54, 1.807) is 30.3 Å². The monoisotopic (exact) mass is 441 g/mol. The Kier molecular flexibility index (Phi) is 5.24. The molecule has 2 N–H and O–H groups in total. The van der Waals surface area contributed by atoms with Gasteiger partial charge in [-0.25, -0.2) is 4.79 Å². The Morgan fingerprint density at radius 1 is 0.939 bits per heavy atom. The molecule has 3 aromatic carbocycles. The molecular formula is C25H19N3O5. The molecule has 0 spiro atoms. The lowest BCUT2D eigenvalue weighted by Gasteiger charge is -2.12. The van der Waals surface area contributed by atoms with Crippen LogP contribution in [0.15, 0.2) is 88.6 Å². The van der Waals surface area contributed by atoms with E-state index in [4.69, 9.17) is 9.47 Å². The number of anilines is 1. The highest BCUT2D eigenvalue weighted by Gasteiger charge is 2.18. The van der Waals surface area contributed by atoms with Crippen LogP contribution in [0.5, 0.6) is 11.5 Å². The number of benzene rings is 3. The van der Waals surface area contributed by atoms with Gasteiger partial charge in [0, 0.05) is 17.4 Å². The quantitative estimate of drug-likeness (QED) is 0.495. The van der Waals surface area contributed by atoms with E-state index in [1.807, 2.05) is 42.5 Å². The van der Waals surface area contributed by atoms with Gasteiger partial charge in [0.15, 0.2) is 11.5 Å². The summed E-state index contributed by atoms with van der Waals surface area (Å²) < 4.78 is 11.6. The van der Waals surface area contributed by atoms with Gasteiger partial charge in [-0.3, -0.25) is 14.2 Å². The number of aromatic nitrogens is 2. The first kappa shape index (κ1) is 20.3. The molecule has 5 rings (SSSR count). The lowest BCUT2D eigenvalue weighted by atomic mass is 10.0. The minimum absolute atomic E-state index is 0.0213. The molecule has 0 radical (unpaired) electrons. The number of H-pyrrole nitrogens is 1. The lowest BCUT2D eigenvalue weighted by molar-refractivity contribution is 0.102. The van der Waals surface area contributed by atoms with Crippen molar-refractivity contribution in [2.45, 2.75) is 6.54 Å². The van der Waals surface area contributed by atoms with E-state index in [1.165, 1.54) is 0 Å². The third-order valence-corrected chi connectivity index (χ3v) is 5.34. The zero-order valence-corrected chi connectivity index (χ0v) is 17.4. The van der Waals surface area contributed by atoms with Crippen LogP contribution < -0.4 is 26.0 Å². The highest BCUT2D eigenvalue weighted by molar-refractivity contribution is 6.05. The fourth-order valence-corrected chi connectivity index (χ4v) is 3.69. The first-order valence-corrected chi connectivity index (χ1v) is 10.3. The van der Waals surface area contributed by atoms with Crippen LogP contribution in [0.3, 0.4) is 0 Å². The molecule has 0 saturated carbocycles. The SMILES string of the molecule is O=C(Nc1ccccc1-c1ccccc1)c1c[nH]c(=O)n(Cc2ccc3c(c2)OCO3)c1=O. The third kappa shape index (κ3) is 4.01. The molecule has 0 aliphatic carbocycles. The molecule has 8 heteroatoms. The number of para-hydroxylation sites is 1. The number of carbonyl (C=O) groups is 1. The Bertz CT molecular complexity index is 1460. The Morgan fingerprint density at radius 3 is 2.55 bits per heavy atom. The van der Waals surface area contributed by atoms with E-state index in [-0.39, 0.29) is 18.9 Å².